The van der Waals surface area contributed by atoms with Crippen LogP contribution >= 0.6 is 0 Å². The summed E-state index contributed by atoms with van der Waals surface area (Å²) in [5.74, 6) is -0.917. The molecule has 3 rings (SSSR count). The zero-order valence-corrected chi connectivity index (χ0v) is 17.2. The monoisotopic (exact) mass is 424 g/mol. The Bertz CT molecular complexity index is 1130. The maximum atomic E-state index is 12.7. The minimum atomic E-state index is -3.91. The van der Waals surface area contributed by atoms with E-state index in [1.54, 1.807) is 32.0 Å². The number of rotatable bonds is 5. The van der Waals surface area contributed by atoms with E-state index in [9.17, 15) is 21.6 Å². The molecule has 2 aromatic carbocycles. The predicted molar refractivity (Wildman–Crippen MR) is 105 cm³/mol. The van der Waals surface area contributed by atoms with Gasteiger partial charge in [-0.05, 0) is 42.8 Å². The molecule has 0 unspecified atom stereocenters. The highest BCUT2D eigenvalue weighted by atomic mass is 32.2. The number of nitrogens with zero attached hydrogens (tertiary/aromatic N) is 1. The van der Waals surface area contributed by atoms with E-state index in [2.05, 4.69) is 4.72 Å². The molecule has 1 saturated heterocycles. The van der Waals surface area contributed by atoms with Crippen LogP contribution in [0.25, 0.3) is 0 Å². The summed E-state index contributed by atoms with van der Waals surface area (Å²) in [4.78, 5) is 12.1. The van der Waals surface area contributed by atoms with Crippen molar-refractivity contribution in [1.82, 2.24) is 0 Å². The van der Waals surface area contributed by atoms with Crippen molar-refractivity contribution in [3.8, 4) is 5.75 Å². The van der Waals surface area contributed by atoms with Crippen LogP contribution in [0.5, 0.6) is 5.75 Å². The van der Waals surface area contributed by atoms with Crippen LogP contribution in [-0.2, 0) is 24.8 Å². The zero-order chi connectivity index (χ0) is 20.7. The van der Waals surface area contributed by atoms with E-state index in [1.807, 2.05) is 0 Å². The fraction of sp³-hybridized carbons (Fsp3) is 0.278. The first-order valence-corrected chi connectivity index (χ1v) is 11.5. The molecule has 1 aliphatic rings. The Morgan fingerprint density at radius 3 is 2.32 bits per heavy atom. The predicted octanol–water partition coefficient (Wildman–Crippen LogP) is 2.12. The minimum Gasteiger partial charge on any atom is -0.497 e. The Balaban J connectivity index is 1.90. The number of ether oxygens (including phenoxy) is 1. The molecule has 0 aromatic heterocycles. The van der Waals surface area contributed by atoms with E-state index in [4.69, 9.17) is 4.74 Å². The summed E-state index contributed by atoms with van der Waals surface area (Å²) >= 11 is 0. The van der Waals surface area contributed by atoms with Crippen molar-refractivity contribution < 1.29 is 26.4 Å². The fourth-order valence-corrected chi connectivity index (χ4v) is 5.83. The number of anilines is 2. The molecule has 1 amide bonds. The number of nitrogens with one attached hydrogen (secondary N) is 1. The highest BCUT2D eigenvalue weighted by molar-refractivity contribution is 7.94. The summed E-state index contributed by atoms with van der Waals surface area (Å²) in [6, 6.07) is 10.2. The van der Waals surface area contributed by atoms with Gasteiger partial charge in [0, 0.05) is 6.07 Å². The Morgan fingerprint density at radius 2 is 1.79 bits per heavy atom. The molecule has 0 aliphatic carbocycles. The first-order valence-electron chi connectivity index (χ1n) is 8.39. The van der Waals surface area contributed by atoms with Crippen molar-refractivity contribution >= 4 is 37.3 Å². The van der Waals surface area contributed by atoms with Crippen LogP contribution in [0.15, 0.2) is 47.4 Å². The molecule has 28 heavy (non-hydrogen) atoms. The van der Waals surface area contributed by atoms with Gasteiger partial charge in [-0.1, -0.05) is 13.0 Å². The number of aryl methyl sites for hydroxylation is 1. The summed E-state index contributed by atoms with van der Waals surface area (Å²) in [5.41, 5.74) is 1.20. The van der Waals surface area contributed by atoms with Crippen molar-refractivity contribution in [3.05, 3.63) is 48.0 Å². The standard InChI is InChI=1S/C18H20N2O6S2/c1-12-4-7-15(26-3)10-17(12)19-28(24,25)16-8-5-14(6-9-16)20-18(21)13(2)11-27(20,22)23/h4-10,13,19H,11H2,1-3H3/t13-/m1/s1. The van der Waals surface area contributed by atoms with E-state index >= 15 is 0 Å². The van der Waals surface area contributed by atoms with Gasteiger partial charge in [0.05, 0.1) is 35.1 Å². The van der Waals surface area contributed by atoms with Gasteiger partial charge in [-0.3, -0.25) is 9.52 Å². The molecular formula is C18H20N2O6S2. The van der Waals surface area contributed by atoms with Crippen LogP contribution in [-0.4, -0.2) is 35.6 Å². The Hall–Kier alpha value is -2.59. The quantitative estimate of drug-likeness (QED) is 0.787. The van der Waals surface area contributed by atoms with Gasteiger partial charge in [-0.15, -0.1) is 0 Å². The lowest BCUT2D eigenvalue weighted by Crippen LogP contribution is -2.30. The molecule has 8 nitrogen and oxygen atoms in total. The second kappa shape index (κ2) is 7.10. The summed E-state index contributed by atoms with van der Waals surface area (Å²) in [7, 11) is -6.17. The number of hydrogen-bond donors (Lipinski definition) is 1. The Morgan fingerprint density at radius 1 is 1.14 bits per heavy atom. The first-order chi connectivity index (χ1) is 13.0. The molecule has 1 atom stereocenters. The smallest absolute Gasteiger partial charge is 0.261 e. The highest BCUT2D eigenvalue weighted by Gasteiger charge is 2.41. The third-order valence-electron chi connectivity index (χ3n) is 4.43. The van der Waals surface area contributed by atoms with Gasteiger partial charge in [-0.2, -0.15) is 0 Å². The van der Waals surface area contributed by atoms with Crippen molar-refractivity contribution in [2.24, 2.45) is 5.92 Å². The Labute approximate surface area is 164 Å². The number of carbonyl (C=O) groups is 1. The van der Waals surface area contributed by atoms with Gasteiger partial charge in [0.2, 0.25) is 15.9 Å². The lowest BCUT2D eigenvalue weighted by molar-refractivity contribution is -0.119. The second-order valence-corrected chi connectivity index (χ2v) is 10.1. The average Bonchev–Trinajstić information content (AvgIpc) is 2.84. The molecule has 0 saturated carbocycles. The number of hydrogen-bond acceptors (Lipinski definition) is 6. The third kappa shape index (κ3) is 3.69. The van der Waals surface area contributed by atoms with E-state index in [1.165, 1.54) is 31.4 Å². The van der Waals surface area contributed by atoms with E-state index in [-0.39, 0.29) is 16.3 Å². The normalized spacial score (nSPS) is 18.9. The molecule has 1 aliphatic heterocycles. The van der Waals surface area contributed by atoms with E-state index in [0.29, 0.717) is 17.0 Å². The number of amides is 1. The van der Waals surface area contributed by atoms with Gasteiger partial charge in [0.1, 0.15) is 5.75 Å². The lowest BCUT2D eigenvalue weighted by atomic mass is 10.2. The van der Waals surface area contributed by atoms with Crippen LogP contribution in [0.3, 0.4) is 0 Å². The largest absolute Gasteiger partial charge is 0.497 e. The lowest BCUT2D eigenvalue weighted by Gasteiger charge is -2.16. The summed E-state index contributed by atoms with van der Waals surface area (Å²) in [5, 5.41) is 0. The molecular weight excluding hydrogens is 404 g/mol. The van der Waals surface area contributed by atoms with Crippen LogP contribution < -0.4 is 13.8 Å². The van der Waals surface area contributed by atoms with Crippen LogP contribution in [0, 0.1) is 12.8 Å². The summed E-state index contributed by atoms with van der Waals surface area (Å²) < 4.78 is 58.0. The number of methoxy groups -OCH3 is 1. The molecule has 2 aromatic rings. The van der Waals surface area contributed by atoms with E-state index < -0.39 is 31.9 Å². The number of sulfonamides is 2. The highest BCUT2D eigenvalue weighted by Crippen LogP contribution is 2.30. The van der Waals surface area contributed by atoms with Gasteiger partial charge in [0.25, 0.3) is 10.0 Å². The van der Waals surface area contributed by atoms with Gasteiger partial charge in [0.15, 0.2) is 0 Å². The van der Waals surface area contributed by atoms with Crippen LogP contribution in [0.2, 0.25) is 0 Å². The molecule has 150 valence electrons. The summed E-state index contributed by atoms with van der Waals surface area (Å²) in [6.45, 7) is 3.30. The number of benzene rings is 2. The SMILES string of the molecule is COc1ccc(C)c(NS(=O)(=O)c2ccc(N3C(=O)[C@H](C)CS3(=O)=O)cc2)c1. The molecule has 1 N–H and O–H groups in total. The summed E-state index contributed by atoms with van der Waals surface area (Å²) in [6.07, 6.45) is 0. The maximum Gasteiger partial charge on any atom is 0.261 e. The van der Waals surface area contributed by atoms with Crippen molar-refractivity contribution in [2.75, 3.05) is 21.9 Å². The molecule has 1 heterocycles. The van der Waals surface area contributed by atoms with Crippen molar-refractivity contribution in [1.29, 1.82) is 0 Å². The van der Waals surface area contributed by atoms with Crippen molar-refractivity contribution in [3.63, 3.8) is 0 Å². The zero-order valence-electron chi connectivity index (χ0n) is 15.5. The number of carbonyl (C=O) groups excluding carboxylic acids is 1. The Kier molecular flexibility index (Phi) is 5.11. The minimum absolute atomic E-state index is 0.0597. The second-order valence-electron chi connectivity index (χ2n) is 6.56. The fourth-order valence-electron chi connectivity index (χ4n) is 2.89. The molecule has 10 heteroatoms. The maximum absolute atomic E-state index is 12.7. The van der Waals surface area contributed by atoms with E-state index in [0.717, 1.165) is 4.31 Å². The molecule has 0 spiro atoms. The topological polar surface area (TPSA) is 110 Å². The third-order valence-corrected chi connectivity index (χ3v) is 7.68. The van der Waals surface area contributed by atoms with Gasteiger partial charge in [-0.25, -0.2) is 21.1 Å². The molecule has 0 bridgehead atoms. The molecule has 1 fully saturated rings. The van der Waals surface area contributed by atoms with Gasteiger partial charge < -0.3 is 4.74 Å². The average molecular weight is 425 g/mol. The first kappa shape index (κ1) is 20.2. The van der Waals surface area contributed by atoms with Crippen LogP contribution in [0.4, 0.5) is 11.4 Å². The molecule has 0 radical (unpaired) electrons. The van der Waals surface area contributed by atoms with Crippen molar-refractivity contribution in [2.45, 2.75) is 18.7 Å². The van der Waals surface area contributed by atoms with Gasteiger partial charge >= 0.3 is 0 Å². The van der Waals surface area contributed by atoms with Crippen LogP contribution in [0.1, 0.15) is 12.5 Å².